The van der Waals surface area contributed by atoms with Crippen molar-refractivity contribution < 1.29 is 14.1 Å². The number of hydrogen-bond acceptors (Lipinski definition) is 6. The van der Waals surface area contributed by atoms with Crippen LogP contribution in [0.4, 0.5) is 21.5 Å². The van der Waals surface area contributed by atoms with Gasteiger partial charge < -0.3 is 14.7 Å². The summed E-state index contributed by atoms with van der Waals surface area (Å²) >= 11 is 0. The Hall–Kier alpha value is -3.20. The van der Waals surface area contributed by atoms with Crippen LogP contribution in [0.5, 0.6) is 0 Å². The lowest BCUT2D eigenvalue weighted by atomic mass is 10.2. The lowest BCUT2D eigenvalue weighted by Crippen LogP contribution is -2.54. The normalized spacial score (nSPS) is 17.6. The predicted molar refractivity (Wildman–Crippen MR) is 117 cm³/mol. The minimum absolute atomic E-state index is 0.0876. The molecule has 2 aliphatic heterocycles. The van der Waals surface area contributed by atoms with Gasteiger partial charge in [0.25, 0.3) is 5.69 Å². The average molecular weight is 427 g/mol. The molecule has 2 saturated heterocycles. The number of anilines is 2. The van der Waals surface area contributed by atoms with Gasteiger partial charge >= 0.3 is 0 Å². The molecule has 1 amide bonds. The van der Waals surface area contributed by atoms with Crippen LogP contribution in [0.2, 0.25) is 0 Å². The maximum absolute atomic E-state index is 14.0. The molecule has 9 heteroatoms. The van der Waals surface area contributed by atoms with Crippen molar-refractivity contribution in [3.63, 3.8) is 0 Å². The second-order valence-corrected chi connectivity index (χ2v) is 7.86. The number of carbonyl (C=O) groups is 1. The molecule has 2 aliphatic rings. The zero-order chi connectivity index (χ0) is 21.8. The summed E-state index contributed by atoms with van der Waals surface area (Å²) in [5.74, 6) is -0.138. The zero-order valence-electron chi connectivity index (χ0n) is 17.3. The van der Waals surface area contributed by atoms with Crippen molar-refractivity contribution in [2.45, 2.75) is 0 Å². The summed E-state index contributed by atoms with van der Waals surface area (Å²) in [6.07, 6.45) is 0. The van der Waals surface area contributed by atoms with E-state index < -0.39 is 0 Å². The molecular weight excluding hydrogens is 401 g/mol. The highest BCUT2D eigenvalue weighted by molar-refractivity contribution is 5.78. The summed E-state index contributed by atoms with van der Waals surface area (Å²) in [6.45, 7) is 5.66. The number of non-ortho nitro benzene ring substituents is 1. The maximum Gasteiger partial charge on any atom is 0.271 e. The number of piperazine rings is 2. The summed E-state index contributed by atoms with van der Waals surface area (Å²) in [5, 5.41) is 11.0. The average Bonchev–Trinajstić information content (AvgIpc) is 2.80. The largest absolute Gasteiger partial charge is 0.369 e. The van der Waals surface area contributed by atoms with E-state index in [1.165, 1.54) is 12.1 Å². The van der Waals surface area contributed by atoms with Gasteiger partial charge in [-0.15, -0.1) is 0 Å². The van der Waals surface area contributed by atoms with Gasteiger partial charge in [0.15, 0.2) is 0 Å². The van der Waals surface area contributed by atoms with E-state index in [1.54, 1.807) is 24.3 Å². The van der Waals surface area contributed by atoms with Gasteiger partial charge in [0, 0.05) is 70.2 Å². The number of rotatable bonds is 5. The number of amides is 1. The first kappa shape index (κ1) is 21.0. The minimum atomic E-state index is -0.385. The van der Waals surface area contributed by atoms with Gasteiger partial charge in [0.2, 0.25) is 5.91 Å². The Labute approximate surface area is 180 Å². The van der Waals surface area contributed by atoms with Gasteiger partial charge in [0.1, 0.15) is 5.82 Å². The van der Waals surface area contributed by atoms with Crippen molar-refractivity contribution in [3.05, 3.63) is 64.5 Å². The fraction of sp³-hybridized carbons (Fsp3) is 0.409. The molecule has 0 saturated carbocycles. The molecule has 8 nitrogen and oxygen atoms in total. The molecule has 0 spiro atoms. The Morgan fingerprint density at radius 1 is 0.903 bits per heavy atom. The fourth-order valence-electron chi connectivity index (χ4n) is 4.16. The molecule has 0 unspecified atom stereocenters. The molecule has 2 heterocycles. The second kappa shape index (κ2) is 9.30. The molecule has 2 aromatic rings. The standard InChI is InChI=1S/C22H26FN5O3/c23-20-6-1-2-7-21(20)26-12-14-27(15-13-26)22(29)17-24-8-10-25(11-9-24)18-4-3-5-19(16-18)28(30)31/h1-7,16H,8-15,17H2. The van der Waals surface area contributed by atoms with Gasteiger partial charge in [-0.2, -0.15) is 0 Å². The molecule has 0 N–H and O–H groups in total. The van der Waals surface area contributed by atoms with Crippen molar-refractivity contribution in [1.82, 2.24) is 9.80 Å². The number of nitrogens with zero attached hydrogens (tertiary/aromatic N) is 5. The van der Waals surface area contributed by atoms with Crippen LogP contribution in [0.15, 0.2) is 48.5 Å². The minimum Gasteiger partial charge on any atom is -0.369 e. The third kappa shape index (κ3) is 4.93. The Kier molecular flexibility index (Phi) is 6.31. The summed E-state index contributed by atoms with van der Waals surface area (Å²) in [5.41, 5.74) is 1.51. The Morgan fingerprint density at radius 3 is 2.26 bits per heavy atom. The molecule has 2 fully saturated rings. The number of hydrogen-bond donors (Lipinski definition) is 0. The molecule has 164 valence electrons. The zero-order valence-corrected chi connectivity index (χ0v) is 17.3. The molecule has 0 atom stereocenters. The van der Waals surface area contributed by atoms with E-state index >= 15 is 0 Å². The Morgan fingerprint density at radius 2 is 1.58 bits per heavy atom. The summed E-state index contributed by atoms with van der Waals surface area (Å²) in [6, 6.07) is 13.4. The first-order chi connectivity index (χ1) is 15.0. The summed E-state index contributed by atoms with van der Waals surface area (Å²) in [7, 11) is 0. The van der Waals surface area contributed by atoms with Crippen LogP contribution in [0.1, 0.15) is 0 Å². The van der Waals surface area contributed by atoms with Crippen LogP contribution in [0, 0.1) is 15.9 Å². The van der Waals surface area contributed by atoms with Gasteiger partial charge in [-0.05, 0) is 18.2 Å². The molecule has 0 aliphatic carbocycles. The first-order valence-corrected chi connectivity index (χ1v) is 10.5. The topological polar surface area (TPSA) is 73.2 Å². The number of nitro benzene ring substituents is 1. The van der Waals surface area contributed by atoms with Gasteiger partial charge in [0.05, 0.1) is 17.2 Å². The number of para-hydroxylation sites is 1. The smallest absolute Gasteiger partial charge is 0.271 e. The van der Waals surface area contributed by atoms with Crippen LogP contribution in [-0.2, 0) is 4.79 Å². The quantitative estimate of drug-likeness (QED) is 0.538. The van der Waals surface area contributed by atoms with Crippen molar-refractivity contribution in [1.29, 1.82) is 0 Å². The van der Waals surface area contributed by atoms with Gasteiger partial charge in [-0.3, -0.25) is 19.8 Å². The van der Waals surface area contributed by atoms with Crippen LogP contribution in [0.25, 0.3) is 0 Å². The monoisotopic (exact) mass is 427 g/mol. The third-order valence-electron chi connectivity index (χ3n) is 5.96. The predicted octanol–water partition coefficient (Wildman–Crippen LogP) is 2.20. The van der Waals surface area contributed by atoms with Crippen molar-refractivity contribution in [3.8, 4) is 0 Å². The fourth-order valence-corrected chi connectivity index (χ4v) is 4.16. The molecule has 31 heavy (non-hydrogen) atoms. The molecular formula is C22H26FN5O3. The van der Waals surface area contributed by atoms with E-state index in [0.29, 0.717) is 38.4 Å². The van der Waals surface area contributed by atoms with Gasteiger partial charge in [-0.25, -0.2) is 4.39 Å². The molecule has 0 bridgehead atoms. The summed E-state index contributed by atoms with van der Waals surface area (Å²) < 4.78 is 14.0. The Bertz CT molecular complexity index is 940. The molecule has 4 rings (SSSR count). The molecule has 0 radical (unpaired) electrons. The highest BCUT2D eigenvalue weighted by Gasteiger charge is 2.26. The van der Waals surface area contributed by atoms with Crippen molar-refractivity contribution in [2.24, 2.45) is 0 Å². The van der Waals surface area contributed by atoms with Crippen molar-refractivity contribution in [2.75, 3.05) is 68.7 Å². The highest BCUT2D eigenvalue weighted by Crippen LogP contribution is 2.23. The van der Waals surface area contributed by atoms with Crippen LogP contribution < -0.4 is 9.80 Å². The number of carbonyl (C=O) groups excluding carboxylic acids is 1. The van der Waals surface area contributed by atoms with Crippen LogP contribution in [0.3, 0.4) is 0 Å². The number of benzene rings is 2. The first-order valence-electron chi connectivity index (χ1n) is 10.5. The van der Waals surface area contributed by atoms with E-state index in [4.69, 9.17) is 0 Å². The van der Waals surface area contributed by atoms with Crippen LogP contribution >= 0.6 is 0 Å². The lowest BCUT2D eigenvalue weighted by molar-refractivity contribution is -0.384. The molecule has 0 aromatic heterocycles. The molecule has 2 aromatic carbocycles. The van der Waals surface area contributed by atoms with E-state index in [-0.39, 0.29) is 22.3 Å². The number of halogens is 1. The van der Waals surface area contributed by atoms with E-state index in [9.17, 15) is 19.3 Å². The van der Waals surface area contributed by atoms with E-state index in [2.05, 4.69) is 9.80 Å². The Balaban J connectivity index is 1.25. The van der Waals surface area contributed by atoms with Crippen molar-refractivity contribution >= 4 is 23.0 Å². The van der Waals surface area contributed by atoms with Gasteiger partial charge in [-0.1, -0.05) is 18.2 Å². The second-order valence-electron chi connectivity index (χ2n) is 7.86. The number of nitro groups is 1. The lowest BCUT2D eigenvalue weighted by Gasteiger charge is -2.39. The SMILES string of the molecule is O=C(CN1CCN(c2cccc([N+](=O)[O-])c2)CC1)N1CCN(c2ccccc2F)CC1. The van der Waals surface area contributed by atoms with E-state index in [1.807, 2.05) is 21.9 Å². The maximum atomic E-state index is 14.0. The van der Waals surface area contributed by atoms with Crippen LogP contribution in [-0.4, -0.2) is 79.5 Å². The van der Waals surface area contributed by atoms with E-state index in [0.717, 1.165) is 31.9 Å². The third-order valence-corrected chi connectivity index (χ3v) is 5.96. The summed E-state index contributed by atoms with van der Waals surface area (Å²) in [4.78, 5) is 31.4. The highest BCUT2D eigenvalue weighted by atomic mass is 19.1.